The van der Waals surface area contributed by atoms with Crippen molar-refractivity contribution in [1.82, 2.24) is 4.90 Å². The summed E-state index contributed by atoms with van der Waals surface area (Å²) in [6.45, 7) is 0.0513. The van der Waals surface area contributed by atoms with Crippen LogP contribution < -0.4 is 0 Å². The lowest BCUT2D eigenvalue weighted by atomic mass is 9.81. The molecule has 0 N–H and O–H groups in total. The second-order valence-corrected chi connectivity index (χ2v) is 13.0. The first-order chi connectivity index (χ1) is 19.6. The van der Waals surface area contributed by atoms with Gasteiger partial charge in [-0.15, -0.1) is 0 Å². The second-order valence-electron chi connectivity index (χ2n) is 10.7. The first kappa shape index (κ1) is 28.9. The van der Waals surface area contributed by atoms with Gasteiger partial charge in [0.05, 0.1) is 23.5 Å². The lowest BCUT2D eigenvalue weighted by molar-refractivity contribution is -0.148. The molecule has 1 aliphatic heterocycles. The number of carbonyl (C=O) groups is 2. The number of ether oxygens (including phenoxy) is 1. The highest BCUT2D eigenvalue weighted by atomic mass is 32.2. The first-order valence-electron chi connectivity index (χ1n) is 13.5. The van der Waals surface area contributed by atoms with Crippen LogP contribution in [0.2, 0.25) is 0 Å². The van der Waals surface area contributed by atoms with E-state index in [4.69, 9.17) is 4.74 Å². The minimum Gasteiger partial charge on any atom is -0.469 e. The molecular weight excluding hydrogens is 555 g/mol. The number of amides is 1. The molecule has 0 aromatic heterocycles. The summed E-state index contributed by atoms with van der Waals surface area (Å²) in [7, 11) is -2.82. The molecule has 216 valence electrons. The fraction of sp³-hybridized carbons (Fsp3) is 0.355. The van der Waals surface area contributed by atoms with Crippen molar-refractivity contribution in [3.63, 3.8) is 0 Å². The first-order valence-corrected chi connectivity index (χ1v) is 15.0. The highest BCUT2D eigenvalue weighted by Gasteiger charge is 2.52. The van der Waals surface area contributed by atoms with Gasteiger partial charge in [-0.25, -0.2) is 21.6 Å². The van der Waals surface area contributed by atoms with Crippen molar-refractivity contribution >= 4 is 21.7 Å². The fourth-order valence-corrected chi connectivity index (χ4v) is 8.21. The van der Waals surface area contributed by atoms with Crippen molar-refractivity contribution in [3.8, 4) is 11.1 Å². The van der Waals surface area contributed by atoms with Crippen molar-refractivity contribution in [2.45, 2.75) is 41.7 Å². The molecule has 1 heterocycles. The van der Waals surface area contributed by atoms with Gasteiger partial charge in [0, 0.05) is 19.0 Å². The molecule has 0 spiro atoms. The van der Waals surface area contributed by atoms with E-state index in [-0.39, 0.29) is 59.2 Å². The van der Waals surface area contributed by atoms with Gasteiger partial charge in [-0.2, -0.15) is 0 Å². The Kier molecular flexibility index (Phi) is 7.96. The van der Waals surface area contributed by atoms with Crippen LogP contribution in [0.5, 0.6) is 0 Å². The molecule has 41 heavy (non-hydrogen) atoms. The number of halogens is 3. The Morgan fingerprint density at radius 2 is 1.44 bits per heavy atom. The standard InChI is InChI=1S/C31H30F3NO5S/c1-40-30(37)22-7-5-21(6-8-22)29(36)35-18-17-31(19-35,41(38,39)25-15-13-24(32)14-16-25)23-11-9-20(10-12-23)28-26(33)3-2-4-27(28)34/h2-4,9-16,21-22H,5-8,17-19H2,1H3/t21?,22?,31-/m0/s1. The van der Waals surface area contributed by atoms with Crippen molar-refractivity contribution < 1.29 is 35.9 Å². The molecule has 6 nitrogen and oxygen atoms in total. The summed E-state index contributed by atoms with van der Waals surface area (Å²) in [5, 5.41) is 0. The summed E-state index contributed by atoms with van der Waals surface area (Å²) in [6.07, 6.45) is 2.11. The molecule has 3 aromatic rings. The molecule has 3 aromatic carbocycles. The zero-order chi connectivity index (χ0) is 29.4. The van der Waals surface area contributed by atoms with E-state index in [0.29, 0.717) is 31.2 Å². The Bertz CT molecular complexity index is 1530. The summed E-state index contributed by atoms with van der Waals surface area (Å²) >= 11 is 0. The van der Waals surface area contributed by atoms with E-state index in [1.54, 1.807) is 4.90 Å². The maximum absolute atomic E-state index is 14.4. The number of carbonyl (C=O) groups excluding carboxylic acids is 2. The number of sulfone groups is 1. The molecule has 1 saturated carbocycles. The van der Waals surface area contributed by atoms with Gasteiger partial charge in [0.2, 0.25) is 5.91 Å². The smallest absolute Gasteiger partial charge is 0.308 e. The van der Waals surface area contributed by atoms with E-state index in [0.717, 1.165) is 24.3 Å². The van der Waals surface area contributed by atoms with Crippen LogP contribution in [0.1, 0.15) is 37.7 Å². The maximum atomic E-state index is 14.4. The van der Waals surface area contributed by atoms with E-state index in [2.05, 4.69) is 0 Å². The summed E-state index contributed by atoms with van der Waals surface area (Å²) < 4.78 is 74.2. The number of likely N-dealkylation sites (tertiary alicyclic amines) is 1. The van der Waals surface area contributed by atoms with Gasteiger partial charge in [0.25, 0.3) is 0 Å². The van der Waals surface area contributed by atoms with Crippen LogP contribution in [0.25, 0.3) is 11.1 Å². The van der Waals surface area contributed by atoms with E-state index in [9.17, 15) is 31.2 Å². The predicted molar refractivity (Wildman–Crippen MR) is 146 cm³/mol. The normalized spacial score (nSPS) is 22.9. The molecule has 0 bridgehead atoms. The largest absolute Gasteiger partial charge is 0.469 e. The highest BCUT2D eigenvalue weighted by Crippen LogP contribution is 2.45. The molecule has 1 atom stereocenters. The number of hydrogen-bond donors (Lipinski definition) is 0. The fourth-order valence-electron chi connectivity index (χ4n) is 6.13. The van der Waals surface area contributed by atoms with Crippen LogP contribution in [0.4, 0.5) is 13.2 Å². The molecule has 2 aliphatic rings. The zero-order valence-electron chi connectivity index (χ0n) is 22.5. The van der Waals surface area contributed by atoms with E-state index in [1.165, 1.54) is 49.6 Å². The molecule has 1 aliphatic carbocycles. The average Bonchev–Trinajstić information content (AvgIpc) is 3.44. The Labute approximate surface area is 237 Å². The molecule has 0 radical (unpaired) electrons. The molecule has 5 rings (SSSR count). The van der Waals surface area contributed by atoms with E-state index >= 15 is 0 Å². The summed E-state index contributed by atoms with van der Waals surface area (Å²) in [4.78, 5) is 26.9. The predicted octanol–water partition coefficient (Wildman–Crippen LogP) is 5.65. The van der Waals surface area contributed by atoms with Gasteiger partial charge in [0.1, 0.15) is 22.2 Å². The van der Waals surface area contributed by atoms with Crippen LogP contribution in [-0.2, 0) is 28.9 Å². The minimum absolute atomic E-state index is 0.0867. The van der Waals surface area contributed by atoms with Gasteiger partial charge in [-0.05, 0) is 79.6 Å². The highest BCUT2D eigenvalue weighted by molar-refractivity contribution is 7.92. The lowest BCUT2D eigenvalue weighted by Crippen LogP contribution is -2.42. The number of hydrogen-bond acceptors (Lipinski definition) is 5. The van der Waals surface area contributed by atoms with Crippen LogP contribution >= 0.6 is 0 Å². The summed E-state index contributed by atoms with van der Waals surface area (Å²) in [5.74, 6) is -3.13. The Hall–Kier alpha value is -3.66. The van der Waals surface area contributed by atoms with Crippen molar-refractivity contribution in [1.29, 1.82) is 0 Å². The summed E-state index contributed by atoms with van der Waals surface area (Å²) in [6, 6.07) is 14.1. The average molecular weight is 586 g/mol. The number of esters is 1. The number of benzene rings is 3. The van der Waals surface area contributed by atoms with Crippen LogP contribution in [-0.4, -0.2) is 45.4 Å². The van der Waals surface area contributed by atoms with Crippen molar-refractivity contribution in [2.24, 2.45) is 11.8 Å². The molecule has 1 saturated heterocycles. The molecular formula is C31H30F3NO5S. The Morgan fingerprint density at radius 3 is 2.02 bits per heavy atom. The van der Waals surface area contributed by atoms with Gasteiger partial charge >= 0.3 is 5.97 Å². The van der Waals surface area contributed by atoms with E-state index in [1.807, 2.05) is 0 Å². The maximum Gasteiger partial charge on any atom is 0.308 e. The van der Waals surface area contributed by atoms with Crippen molar-refractivity contribution in [2.75, 3.05) is 20.2 Å². The van der Waals surface area contributed by atoms with Gasteiger partial charge < -0.3 is 9.64 Å². The SMILES string of the molecule is COC(=O)C1CCC(C(=O)N2CC[C@](c3ccc(-c4c(F)cccc4F)cc3)(S(=O)(=O)c3ccc(F)cc3)C2)CC1. The third kappa shape index (κ3) is 5.25. The topological polar surface area (TPSA) is 80.8 Å². The summed E-state index contributed by atoms with van der Waals surface area (Å²) in [5.41, 5.74) is 0.388. The third-order valence-corrected chi connectivity index (χ3v) is 10.9. The minimum atomic E-state index is -4.15. The lowest BCUT2D eigenvalue weighted by Gasteiger charge is -2.32. The zero-order valence-corrected chi connectivity index (χ0v) is 23.3. The van der Waals surface area contributed by atoms with Crippen LogP contribution in [0, 0.1) is 29.3 Å². The molecule has 2 fully saturated rings. The number of rotatable bonds is 6. The third-order valence-electron chi connectivity index (χ3n) is 8.46. The van der Waals surface area contributed by atoms with Crippen molar-refractivity contribution in [3.05, 3.63) is 89.7 Å². The molecule has 10 heteroatoms. The number of nitrogens with zero attached hydrogens (tertiary/aromatic N) is 1. The second kappa shape index (κ2) is 11.3. The van der Waals surface area contributed by atoms with Gasteiger partial charge in [0.15, 0.2) is 9.84 Å². The Balaban J connectivity index is 1.48. The van der Waals surface area contributed by atoms with Gasteiger partial charge in [-0.1, -0.05) is 30.3 Å². The van der Waals surface area contributed by atoms with Crippen LogP contribution in [0.3, 0.4) is 0 Å². The van der Waals surface area contributed by atoms with E-state index < -0.39 is 32.0 Å². The monoisotopic (exact) mass is 585 g/mol. The number of methoxy groups -OCH3 is 1. The Morgan fingerprint density at radius 1 is 0.854 bits per heavy atom. The van der Waals surface area contributed by atoms with Crippen LogP contribution in [0.15, 0.2) is 71.6 Å². The van der Waals surface area contributed by atoms with Gasteiger partial charge in [-0.3, -0.25) is 9.59 Å². The molecule has 1 amide bonds. The molecule has 0 unspecified atom stereocenters. The quantitative estimate of drug-likeness (QED) is 0.276.